The lowest BCUT2D eigenvalue weighted by atomic mass is 10.4. The Morgan fingerprint density at radius 1 is 1.61 bits per heavy atom. The molecule has 0 fully saturated rings. The molecule has 18 heavy (non-hydrogen) atoms. The van der Waals surface area contributed by atoms with Crippen LogP contribution in [0.25, 0.3) is 0 Å². The van der Waals surface area contributed by atoms with Gasteiger partial charge in [0.1, 0.15) is 6.54 Å². The molecule has 0 atom stereocenters. The standard InChI is InChI=1S/C10H14N6O2/c1-7-14-9(15-18-7)2-3-12-10(17)6-16-5-8(11)4-13-16/h4-5H,2-3,6,11H2,1H3,(H,12,17). The second-order valence-electron chi connectivity index (χ2n) is 3.80. The highest BCUT2D eigenvalue weighted by atomic mass is 16.5. The van der Waals surface area contributed by atoms with Crippen molar-refractivity contribution in [1.82, 2.24) is 25.2 Å². The number of hydrogen-bond acceptors (Lipinski definition) is 6. The van der Waals surface area contributed by atoms with Crippen molar-refractivity contribution in [3.63, 3.8) is 0 Å². The maximum absolute atomic E-state index is 11.5. The van der Waals surface area contributed by atoms with Gasteiger partial charge in [-0.2, -0.15) is 10.1 Å². The summed E-state index contributed by atoms with van der Waals surface area (Å²) in [6.45, 7) is 2.31. The van der Waals surface area contributed by atoms with E-state index in [1.807, 2.05) is 0 Å². The minimum absolute atomic E-state index is 0.140. The molecule has 0 saturated heterocycles. The first-order valence-electron chi connectivity index (χ1n) is 5.47. The van der Waals surface area contributed by atoms with Crippen LogP contribution in [0.1, 0.15) is 11.7 Å². The molecule has 0 bridgehead atoms. The Morgan fingerprint density at radius 3 is 3.06 bits per heavy atom. The molecule has 1 amide bonds. The monoisotopic (exact) mass is 250 g/mol. The molecule has 2 heterocycles. The normalized spacial score (nSPS) is 10.5. The third-order valence-corrected chi connectivity index (χ3v) is 2.20. The van der Waals surface area contributed by atoms with E-state index in [0.717, 1.165) is 0 Å². The van der Waals surface area contributed by atoms with Crippen LogP contribution in [0.4, 0.5) is 5.69 Å². The second-order valence-corrected chi connectivity index (χ2v) is 3.80. The maximum Gasteiger partial charge on any atom is 0.241 e. The van der Waals surface area contributed by atoms with E-state index >= 15 is 0 Å². The summed E-state index contributed by atoms with van der Waals surface area (Å²) in [6.07, 6.45) is 3.63. The second kappa shape index (κ2) is 5.30. The molecule has 3 N–H and O–H groups in total. The van der Waals surface area contributed by atoms with Gasteiger partial charge in [-0.25, -0.2) is 0 Å². The number of nitrogens with one attached hydrogen (secondary N) is 1. The molecule has 0 spiro atoms. The number of anilines is 1. The molecule has 0 unspecified atom stereocenters. The van der Waals surface area contributed by atoms with Gasteiger partial charge in [0.2, 0.25) is 11.8 Å². The zero-order valence-corrected chi connectivity index (χ0v) is 9.96. The van der Waals surface area contributed by atoms with Crippen LogP contribution in [0.2, 0.25) is 0 Å². The Kier molecular flexibility index (Phi) is 3.56. The van der Waals surface area contributed by atoms with Crippen molar-refractivity contribution >= 4 is 11.6 Å². The molecule has 2 aromatic rings. The van der Waals surface area contributed by atoms with Gasteiger partial charge >= 0.3 is 0 Å². The molecule has 0 aliphatic heterocycles. The number of nitrogens with zero attached hydrogens (tertiary/aromatic N) is 4. The smallest absolute Gasteiger partial charge is 0.241 e. The van der Waals surface area contributed by atoms with Crippen LogP contribution >= 0.6 is 0 Å². The van der Waals surface area contributed by atoms with Gasteiger partial charge in [0.25, 0.3) is 0 Å². The number of aromatic nitrogens is 4. The molecule has 0 aliphatic rings. The Hall–Kier alpha value is -2.38. The van der Waals surface area contributed by atoms with Gasteiger partial charge in [0, 0.05) is 26.1 Å². The lowest BCUT2D eigenvalue weighted by Gasteiger charge is -2.03. The van der Waals surface area contributed by atoms with Gasteiger partial charge < -0.3 is 15.6 Å². The third-order valence-electron chi connectivity index (χ3n) is 2.20. The summed E-state index contributed by atoms with van der Waals surface area (Å²) >= 11 is 0. The van der Waals surface area contributed by atoms with Crippen LogP contribution in [0.3, 0.4) is 0 Å². The first-order valence-corrected chi connectivity index (χ1v) is 5.47. The lowest BCUT2D eigenvalue weighted by Crippen LogP contribution is -2.29. The van der Waals surface area contributed by atoms with Crippen LogP contribution in [-0.2, 0) is 17.8 Å². The number of nitrogen functional groups attached to an aromatic ring is 1. The molecule has 8 nitrogen and oxygen atoms in total. The maximum atomic E-state index is 11.5. The lowest BCUT2D eigenvalue weighted by molar-refractivity contribution is -0.121. The summed E-state index contributed by atoms with van der Waals surface area (Å²) in [7, 11) is 0. The minimum Gasteiger partial charge on any atom is -0.396 e. The largest absolute Gasteiger partial charge is 0.396 e. The van der Waals surface area contributed by atoms with Gasteiger partial charge in [-0.1, -0.05) is 5.16 Å². The minimum atomic E-state index is -0.140. The van der Waals surface area contributed by atoms with Crippen molar-refractivity contribution in [3.8, 4) is 0 Å². The Bertz CT molecular complexity index is 532. The highest BCUT2D eigenvalue weighted by Crippen LogP contribution is 1.97. The summed E-state index contributed by atoms with van der Waals surface area (Å²) in [4.78, 5) is 15.6. The van der Waals surface area contributed by atoms with Gasteiger partial charge in [0.05, 0.1) is 11.9 Å². The first kappa shape index (κ1) is 12.1. The van der Waals surface area contributed by atoms with Crippen LogP contribution in [-0.4, -0.2) is 32.4 Å². The fourth-order valence-electron chi connectivity index (χ4n) is 1.43. The number of amides is 1. The average molecular weight is 250 g/mol. The fraction of sp³-hybridized carbons (Fsp3) is 0.400. The predicted octanol–water partition coefficient (Wildman–Crippen LogP) is -0.484. The zero-order chi connectivity index (χ0) is 13.0. The van der Waals surface area contributed by atoms with E-state index in [2.05, 4.69) is 20.6 Å². The van der Waals surface area contributed by atoms with Crippen LogP contribution in [0, 0.1) is 6.92 Å². The predicted molar refractivity (Wildman–Crippen MR) is 62.4 cm³/mol. The molecule has 0 aliphatic carbocycles. The van der Waals surface area contributed by atoms with Crippen molar-refractivity contribution in [2.45, 2.75) is 19.9 Å². The Morgan fingerprint density at radius 2 is 2.44 bits per heavy atom. The molecule has 0 radical (unpaired) electrons. The van der Waals surface area contributed by atoms with Crippen molar-refractivity contribution < 1.29 is 9.32 Å². The van der Waals surface area contributed by atoms with E-state index < -0.39 is 0 Å². The molecule has 2 rings (SSSR count). The van der Waals surface area contributed by atoms with E-state index in [9.17, 15) is 4.79 Å². The molecular formula is C10H14N6O2. The quantitative estimate of drug-likeness (QED) is 0.741. The van der Waals surface area contributed by atoms with Gasteiger partial charge in [0.15, 0.2) is 5.82 Å². The van der Waals surface area contributed by atoms with Crippen molar-refractivity contribution in [3.05, 3.63) is 24.1 Å². The molecule has 96 valence electrons. The first-order chi connectivity index (χ1) is 8.63. The summed E-state index contributed by atoms with van der Waals surface area (Å²) in [5.41, 5.74) is 6.02. The van der Waals surface area contributed by atoms with E-state index in [0.29, 0.717) is 30.4 Å². The number of hydrogen-bond donors (Lipinski definition) is 2. The highest BCUT2D eigenvalue weighted by molar-refractivity contribution is 5.75. The fourth-order valence-corrected chi connectivity index (χ4v) is 1.43. The zero-order valence-electron chi connectivity index (χ0n) is 9.96. The van der Waals surface area contributed by atoms with Crippen LogP contribution in [0.15, 0.2) is 16.9 Å². The Labute approximate surface area is 103 Å². The summed E-state index contributed by atoms with van der Waals surface area (Å²) < 4.78 is 6.29. The van der Waals surface area contributed by atoms with E-state index in [1.165, 1.54) is 10.9 Å². The third kappa shape index (κ3) is 3.30. The number of nitrogens with two attached hydrogens (primary N) is 1. The summed E-state index contributed by atoms with van der Waals surface area (Å²) in [5.74, 6) is 0.956. The number of rotatable bonds is 5. The highest BCUT2D eigenvalue weighted by Gasteiger charge is 2.05. The molecule has 8 heteroatoms. The molecule has 0 saturated carbocycles. The van der Waals surface area contributed by atoms with Crippen molar-refractivity contribution in [2.75, 3.05) is 12.3 Å². The molecular weight excluding hydrogens is 236 g/mol. The number of aryl methyl sites for hydroxylation is 1. The summed E-state index contributed by atoms with van der Waals surface area (Å²) in [6, 6.07) is 0. The van der Waals surface area contributed by atoms with Gasteiger partial charge in [-0.05, 0) is 0 Å². The topological polar surface area (TPSA) is 112 Å². The van der Waals surface area contributed by atoms with Crippen LogP contribution < -0.4 is 11.1 Å². The average Bonchev–Trinajstić information content (AvgIpc) is 2.88. The van der Waals surface area contributed by atoms with Crippen LogP contribution in [0.5, 0.6) is 0 Å². The van der Waals surface area contributed by atoms with Crippen molar-refractivity contribution in [2.24, 2.45) is 0 Å². The Balaban J connectivity index is 1.72. The van der Waals surface area contributed by atoms with Gasteiger partial charge in [-0.3, -0.25) is 9.48 Å². The van der Waals surface area contributed by atoms with E-state index in [-0.39, 0.29) is 12.5 Å². The molecule has 2 aromatic heterocycles. The van der Waals surface area contributed by atoms with Crippen molar-refractivity contribution in [1.29, 1.82) is 0 Å². The SMILES string of the molecule is Cc1nc(CCNC(=O)Cn2cc(N)cn2)no1. The number of carbonyl (C=O) groups is 1. The molecule has 0 aromatic carbocycles. The summed E-state index contributed by atoms with van der Waals surface area (Å²) in [5, 5.41) is 10.4. The van der Waals surface area contributed by atoms with Gasteiger partial charge in [-0.15, -0.1) is 0 Å². The van der Waals surface area contributed by atoms with E-state index in [1.54, 1.807) is 13.1 Å². The number of carbonyl (C=O) groups excluding carboxylic acids is 1. The van der Waals surface area contributed by atoms with E-state index in [4.69, 9.17) is 10.3 Å².